The van der Waals surface area contributed by atoms with Crippen molar-refractivity contribution < 1.29 is 4.43 Å². The molecule has 0 fully saturated rings. The molecule has 0 aromatic carbocycles. The van der Waals surface area contributed by atoms with Crippen molar-refractivity contribution in [3.8, 4) is 0 Å². The molecule has 110 valence electrons. The van der Waals surface area contributed by atoms with Gasteiger partial charge in [-0.1, -0.05) is 20.8 Å². The van der Waals surface area contributed by atoms with E-state index in [9.17, 15) is 0 Å². The first-order valence-electron chi connectivity index (χ1n) is 7.71. The molecule has 0 amide bonds. The van der Waals surface area contributed by atoms with Crippen molar-refractivity contribution in [1.29, 1.82) is 0 Å². The summed E-state index contributed by atoms with van der Waals surface area (Å²) >= 11 is 0. The highest BCUT2D eigenvalue weighted by molar-refractivity contribution is 6.48. The van der Waals surface area contributed by atoms with Crippen molar-refractivity contribution in [2.24, 2.45) is 0 Å². The van der Waals surface area contributed by atoms with Crippen LogP contribution in [0.4, 0.5) is 0 Å². The van der Waals surface area contributed by atoms with E-state index in [0.717, 1.165) is 13.2 Å². The smallest absolute Gasteiger partial charge is 0.253 e. The minimum atomic E-state index is -1.19. The molecule has 0 aromatic heterocycles. The van der Waals surface area contributed by atoms with E-state index < -0.39 is 9.20 Å². The van der Waals surface area contributed by atoms with Crippen LogP contribution in [0.25, 0.3) is 0 Å². The van der Waals surface area contributed by atoms with Gasteiger partial charge in [-0.05, 0) is 52.7 Å². The largest absolute Gasteiger partial charge is 0.406 e. The Hall–Kier alpha value is 0.0969. The second kappa shape index (κ2) is 11.0. The van der Waals surface area contributed by atoms with Gasteiger partial charge in [0, 0.05) is 18.7 Å². The Morgan fingerprint density at radius 3 is 2.00 bits per heavy atom. The van der Waals surface area contributed by atoms with Crippen LogP contribution in [0.5, 0.6) is 0 Å². The second-order valence-corrected chi connectivity index (χ2v) is 7.34. The van der Waals surface area contributed by atoms with Gasteiger partial charge < -0.3 is 9.41 Å². The molecular formula is C14H34N2OSi. The summed E-state index contributed by atoms with van der Waals surface area (Å²) in [6.45, 7) is 16.6. The summed E-state index contributed by atoms with van der Waals surface area (Å²) in [7, 11) is -1.19. The van der Waals surface area contributed by atoms with Crippen LogP contribution in [0.1, 0.15) is 54.4 Å². The van der Waals surface area contributed by atoms with E-state index in [4.69, 9.17) is 4.43 Å². The Balaban J connectivity index is 4.29. The van der Waals surface area contributed by atoms with Gasteiger partial charge in [-0.3, -0.25) is 4.90 Å². The summed E-state index contributed by atoms with van der Waals surface area (Å²) in [5.74, 6) is 0. The molecule has 0 aromatic rings. The van der Waals surface area contributed by atoms with Crippen molar-refractivity contribution in [2.75, 3.05) is 19.7 Å². The van der Waals surface area contributed by atoms with E-state index in [2.05, 4.69) is 51.4 Å². The molecule has 0 aliphatic rings. The van der Waals surface area contributed by atoms with E-state index in [-0.39, 0.29) is 0 Å². The third kappa shape index (κ3) is 6.88. The molecule has 0 spiro atoms. The van der Waals surface area contributed by atoms with Crippen molar-refractivity contribution in [3.63, 3.8) is 0 Å². The number of nitrogens with zero attached hydrogens (tertiary/aromatic N) is 1. The first kappa shape index (κ1) is 18.1. The van der Waals surface area contributed by atoms with E-state index in [1.54, 1.807) is 0 Å². The van der Waals surface area contributed by atoms with Crippen LogP contribution in [-0.4, -0.2) is 45.9 Å². The van der Waals surface area contributed by atoms with Crippen molar-refractivity contribution in [1.82, 2.24) is 9.88 Å². The van der Waals surface area contributed by atoms with E-state index in [1.165, 1.54) is 25.4 Å². The Kier molecular flexibility index (Phi) is 11.0. The fourth-order valence-corrected chi connectivity index (χ4v) is 4.16. The Morgan fingerprint density at radius 1 is 1.06 bits per heavy atom. The van der Waals surface area contributed by atoms with Crippen LogP contribution in [0.3, 0.4) is 0 Å². The number of hydrogen-bond acceptors (Lipinski definition) is 3. The summed E-state index contributed by atoms with van der Waals surface area (Å²) in [6.07, 6.45) is 2.46. The molecule has 0 aliphatic heterocycles. The van der Waals surface area contributed by atoms with Gasteiger partial charge in [-0.25, -0.2) is 0 Å². The lowest BCUT2D eigenvalue weighted by atomic mass is 10.1. The number of hydrogen-bond donors (Lipinski definition) is 1. The normalized spacial score (nSPS) is 16.8. The molecule has 0 heterocycles. The third-order valence-electron chi connectivity index (χ3n) is 3.76. The number of rotatable bonds is 11. The van der Waals surface area contributed by atoms with E-state index in [1.807, 2.05) is 0 Å². The lowest BCUT2D eigenvalue weighted by Gasteiger charge is -2.34. The summed E-state index contributed by atoms with van der Waals surface area (Å²) < 4.78 is 5.86. The van der Waals surface area contributed by atoms with Crippen molar-refractivity contribution in [3.05, 3.63) is 0 Å². The highest BCUT2D eigenvalue weighted by atomic mass is 28.3. The van der Waals surface area contributed by atoms with Crippen LogP contribution in [0, 0.1) is 0 Å². The lowest BCUT2D eigenvalue weighted by Crippen LogP contribution is -2.45. The molecular weight excluding hydrogens is 240 g/mol. The fourth-order valence-electron chi connectivity index (χ4n) is 2.28. The van der Waals surface area contributed by atoms with Crippen molar-refractivity contribution >= 4 is 9.20 Å². The molecule has 1 N–H and O–H groups in total. The first-order chi connectivity index (χ1) is 8.60. The zero-order valence-electron chi connectivity index (χ0n) is 13.3. The average molecular weight is 275 g/mol. The molecule has 0 saturated carbocycles. The summed E-state index contributed by atoms with van der Waals surface area (Å²) in [5.41, 5.74) is 0. The molecule has 0 bridgehead atoms. The lowest BCUT2D eigenvalue weighted by molar-refractivity contribution is 0.152. The van der Waals surface area contributed by atoms with Gasteiger partial charge in [0.25, 0.3) is 9.20 Å². The second-order valence-electron chi connectivity index (χ2n) is 5.04. The monoisotopic (exact) mass is 274 g/mol. The highest BCUT2D eigenvalue weighted by Gasteiger charge is 2.20. The molecule has 0 aliphatic carbocycles. The third-order valence-corrected chi connectivity index (χ3v) is 6.14. The maximum absolute atomic E-state index is 5.86. The topological polar surface area (TPSA) is 24.5 Å². The summed E-state index contributed by atoms with van der Waals surface area (Å²) in [6, 6.07) is 2.56. The quantitative estimate of drug-likeness (QED) is 0.586. The molecule has 18 heavy (non-hydrogen) atoms. The van der Waals surface area contributed by atoms with Gasteiger partial charge in [0.1, 0.15) is 0 Å². The van der Waals surface area contributed by atoms with Crippen LogP contribution < -0.4 is 4.98 Å². The fraction of sp³-hybridized carbons (Fsp3) is 1.00. The van der Waals surface area contributed by atoms with Crippen LogP contribution in [0.15, 0.2) is 0 Å². The standard InChI is InChI=1S/C14H34N2OSi/c1-7-13(5)16(14(6)8-2)11-12-18(15-9-3)17-10-4/h13-15,18H,7-12H2,1-6H3. The van der Waals surface area contributed by atoms with Gasteiger partial charge in [-0.2, -0.15) is 0 Å². The molecule has 0 saturated heterocycles. The molecule has 3 atom stereocenters. The summed E-state index contributed by atoms with van der Waals surface area (Å²) in [4.78, 5) is 6.19. The highest BCUT2D eigenvalue weighted by Crippen LogP contribution is 2.13. The SMILES string of the molecule is CCN[SiH](CCN(C(C)CC)C(C)CC)OCC. The van der Waals surface area contributed by atoms with Crippen LogP contribution in [-0.2, 0) is 4.43 Å². The van der Waals surface area contributed by atoms with Gasteiger partial charge in [0.15, 0.2) is 0 Å². The Morgan fingerprint density at radius 2 is 1.61 bits per heavy atom. The zero-order chi connectivity index (χ0) is 14.0. The minimum absolute atomic E-state index is 0.679. The van der Waals surface area contributed by atoms with E-state index in [0.29, 0.717) is 12.1 Å². The average Bonchev–Trinajstić information content (AvgIpc) is 2.38. The van der Waals surface area contributed by atoms with Crippen molar-refractivity contribution in [2.45, 2.75) is 72.5 Å². The molecule has 0 radical (unpaired) electrons. The zero-order valence-corrected chi connectivity index (χ0v) is 14.5. The van der Waals surface area contributed by atoms with Gasteiger partial charge in [0.05, 0.1) is 0 Å². The maximum Gasteiger partial charge on any atom is 0.253 e. The minimum Gasteiger partial charge on any atom is -0.406 e. The molecule has 3 unspecified atom stereocenters. The van der Waals surface area contributed by atoms with E-state index >= 15 is 0 Å². The van der Waals surface area contributed by atoms with Gasteiger partial charge in [0.2, 0.25) is 0 Å². The maximum atomic E-state index is 5.86. The predicted octanol–water partition coefficient (Wildman–Crippen LogP) is 2.75. The predicted molar refractivity (Wildman–Crippen MR) is 83.5 cm³/mol. The molecule has 4 heteroatoms. The van der Waals surface area contributed by atoms with Gasteiger partial charge >= 0.3 is 0 Å². The summed E-state index contributed by atoms with van der Waals surface area (Å²) in [5, 5.41) is 0. The molecule has 0 rings (SSSR count). The number of nitrogens with one attached hydrogen (secondary N) is 1. The van der Waals surface area contributed by atoms with Gasteiger partial charge in [-0.15, -0.1) is 0 Å². The van der Waals surface area contributed by atoms with Crippen LogP contribution in [0.2, 0.25) is 6.04 Å². The van der Waals surface area contributed by atoms with Crippen LogP contribution >= 0.6 is 0 Å². The first-order valence-corrected chi connectivity index (χ1v) is 9.57. The Labute approximate surface area is 116 Å². The Bertz CT molecular complexity index is 177. The molecule has 3 nitrogen and oxygen atoms in total.